The van der Waals surface area contributed by atoms with Crippen LogP contribution < -0.4 is 10.9 Å². The van der Waals surface area contributed by atoms with E-state index >= 15 is 0 Å². The van der Waals surface area contributed by atoms with Crippen molar-refractivity contribution in [1.82, 2.24) is 9.78 Å². The minimum absolute atomic E-state index is 0.0397. The first-order chi connectivity index (χ1) is 13.7. The SMILES string of the molecule is CCOC(=O)c1nn(-c2ccccc2)c(=O)c2c(NC(=O)CC(C)(C)C)scc12. The van der Waals surface area contributed by atoms with Gasteiger partial charge in [0.05, 0.1) is 17.7 Å². The summed E-state index contributed by atoms with van der Waals surface area (Å²) >= 11 is 1.19. The number of thiophene rings is 1. The number of carbonyl (C=O) groups excluding carboxylic acids is 2. The van der Waals surface area contributed by atoms with Crippen molar-refractivity contribution in [2.75, 3.05) is 11.9 Å². The van der Waals surface area contributed by atoms with Crippen LogP contribution >= 0.6 is 11.3 Å². The zero-order valence-electron chi connectivity index (χ0n) is 16.8. The van der Waals surface area contributed by atoms with Crippen LogP contribution in [-0.4, -0.2) is 28.3 Å². The highest BCUT2D eigenvalue weighted by Gasteiger charge is 2.24. The lowest BCUT2D eigenvalue weighted by molar-refractivity contribution is -0.117. The Morgan fingerprint density at radius 1 is 1.21 bits per heavy atom. The van der Waals surface area contributed by atoms with Crippen LogP contribution in [0.15, 0.2) is 40.5 Å². The minimum Gasteiger partial charge on any atom is -0.461 e. The molecule has 29 heavy (non-hydrogen) atoms. The first-order valence-corrected chi connectivity index (χ1v) is 10.2. The van der Waals surface area contributed by atoms with E-state index in [0.717, 1.165) is 0 Å². The van der Waals surface area contributed by atoms with Gasteiger partial charge in [0.2, 0.25) is 5.91 Å². The molecule has 8 heteroatoms. The molecule has 3 aromatic rings. The van der Waals surface area contributed by atoms with E-state index in [1.54, 1.807) is 36.6 Å². The fraction of sp³-hybridized carbons (Fsp3) is 0.333. The van der Waals surface area contributed by atoms with Crippen molar-refractivity contribution in [3.8, 4) is 5.69 Å². The summed E-state index contributed by atoms with van der Waals surface area (Å²) in [5.41, 5.74) is -0.0495. The minimum atomic E-state index is -0.618. The number of hydrogen-bond acceptors (Lipinski definition) is 6. The quantitative estimate of drug-likeness (QED) is 0.639. The molecule has 2 heterocycles. The summed E-state index contributed by atoms with van der Waals surface area (Å²) in [4.78, 5) is 38.1. The maximum atomic E-state index is 13.2. The molecule has 0 fully saturated rings. The zero-order valence-corrected chi connectivity index (χ0v) is 17.6. The molecule has 0 spiro atoms. The van der Waals surface area contributed by atoms with Gasteiger partial charge in [0.25, 0.3) is 5.56 Å². The molecule has 0 radical (unpaired) electrons. The molecule has 0 aliphatic heterocycles. The second-order valence-corrected chi connectivity index (χ2v) is 8.64. The number of anilines is 1. The Balaban J connectivity index is 2.18. The number of ether oxygens (including phenoxy) is 1. The van der Waals surface area contributed by atoms with Gasteiger partial charge in [-0.05, 0) is 24.5 Å². The van der Waals surface area contributed by atoms with Gasteiger partial charge in [0.1, 0.15) is 5.00 Å². The maximum absolute atomic E-state index is 13.2. The molecule has 2 aromatic heterocycles. The normalized spacial score (nSPS) is 11.4. The molecule has 0 atom stereocenters. The number of fused-ring (bicyclic) bond motifs is 1. The van der Waals surface area contributed by atoms with Gasteiger partial charge in [0.15, 0.2) is 5.69 Å². The number of hydrogen-bond donors (Lipinski definition) is 1. The lowest BCUT2D eigenvalue weighted by Gasteiger charge is -2.17. The Morgan fingerprint density at radius 2 is 1.90 bits per heavy atom. The van der Waals surface area contributed by atoms with Crippen molar-refractivity contribution >= 4 is 39.0 Å². The number of rotatable bonds is 5. The summed E-state index contributed by atoms with van der Waals surface area (Å²) < 4.78 is 6.29. The molecule has 7 nitrogen and oxygen atoms in total. The van der Waals surface area contributed by atoms with Crippen LogP contribution in [0, 0.1) is 5.41 Å². The molecule has 1 N–H and O–H groups in total. The molecule has 0 aliphatic carbocycles. The molecular formula is C21H23N3O4S. The third-order valence-electron chi connectivity index (χ3n) is 4.07. The number of para-hydroxylation sites is 1. The number of carbonyl (C=O) groups is 2. The Morgan fingerprint density at radius 3 is 2.52 bits per heavy atom. The van der Waals surface area contributed by atoms with Crippen molar-refractivity contribution < 1.29 is 14.3 Å². The number of amides is 1. The van der Waals surface area contributed by atoms with Crippen LogP contribution in [0.25, 0.3) is 16.5 Å². The third-order valence-corrected chi connectivity index (χ3v) is 4.96. The Hall–Kier alpha value is -3.00. The van der Waals surface area contributed by atoms with Crippen LogP contribution in [0.3, 0.4) is 0 Å². The van der Waals surface area contributed by atoms with Gasteiger partial charge in [-0.15, -0.1) is 11.3 Å². The largest absolute Gasteiger partial charge is 0.461 e. The maximum Gasteiger partial charge on any atom is 0.359 e. The molecular weight excluding hydrogens is 390 g/mol. The van der Waals surface area contributed by atoms with Crippen LogP contribution in [-0.2, 0) is 9.53 Å². The predicted octanol–water partition coefficient (Wildman–Crippen LogP) is 4.00. The van der Waals surface area contributed by atoms with Crippen molar-refractivity contribution in [3.63, 3.8) is 0 Å². The highest BCUT2D eigenvalue weighted by atomic mass is 32.1. The summed E-state index contributed by atoms with van der Waals surface area (Å²) in [6.45, 7) is 7.78. The summed E-state index contributed by atoms with van der Waals surface area (Å²) in [6.07, 6.45) is 0.301. The van der Waals surface area contributed by atoms with E-state index in [4.69, 9.17) is 4.74 Å². The zero-order chi connectivity index (χ0) is 21.2. The Labute approximate surface area is 172 Å². The van der Waals surface area contributed by atoms with Crippen molar-refractivity contribution in [2.45, 2.75) is 34.1 Å². The van der Waals surface area contributed by atoms with E-state index < -0.39 is 11.5 Å². The molecule has 3 rings (SSSR count). The van der Waals surface area contributed by atoms with E-state index in [1.807, 2.05) is 26.8 Å². The average Bonchev–Trinajstić information content (AvgIpc) is 3.05. The number of aromatic nitrogens is 2. The predicted molar refractivity (Wildman–Crippen MR) is 114 cm³/mol. The van der Waals surface area contributed by atoms with Crippen molar-refractivity contribution in [2.24, 2.45) is 5.41 Å². The second kappa shape index (κ2) is 8.16. The Bertz CT molecular complexity index is 1110. The number of benzene rings is 1. The van der Waals surface area contributed by atoms with Gasteiger partial charge in [-0.2, -0.15) is 9.78 Å². The van der Waals surface area contributed by atoms with Gasteiger partial charge in [-0.25, -0.2) is 4.79 Å². The molecule has 1 amide bonds. The Kier molecular flexibility index (Phi) is 5.83. The van der Waals surface area contributed by atoms with E-state index in [-0.39, 0.29) is 29.0 Å². The van der Waals surface area contributed by atoms with Crippen LogP contribution in [0.5, 0.6) is 0 Å². The smallest absolute Gasteiger partial charge is 0.359 e. The molecule has 0 saturated carbocycles. The van der Waals surface area contributed by atoms with Crippen LogP contribution in [0.4, 0.5) is 5.00 Å². The number of nitrogens with one attached hydrogen (secondary N) is 1. The van der Waals surface area contributed by atoms with Gasteiger partial charge < -0.3 is 10.1 Å². The summed E-state index contributed by atoms with van der Waals surface area (Å²) in [6, 6.07) is 8.81. The van der Waals surface area contributed by atoms with Gasteiger partial charge in [0, 0.05) is 17.2 Å². The number of nitrogens with zero attached hydrogens (tertiary/aromatic N) is 2. The monoisotopic (exact) mass is 413 g/mol. The molecule has 0 saturated heterocycles. The van der Waals surface area contributed by atoms with Gasteiger partial charge in [-0.1, -0.05) is 39.0 Å². The topological polar surface area (TPSA) is 90.3 Å². The van der Waals surface area contributed by atoms with E-state index in [9.17, 15) is 14.4 Å². The van der Waals surface area contributed by atoms with Gasteiger partial charge >= 0.3 is 5.97 Å². The first kappa shape index (κ1) is 20.7. The molecule has 0 unspecified atom stereocenters. The van der Waals surface area contributed by atoms with E-state index in [1.165, 1.54) is 16.0 Å². The lowest BCUT2D eigenvalue weighted by atomic mass is 9.92. The summed E-state index contributed by atoms with van der Waals surface area (Å²) in [5, 5.41) is 9.76. The molecule has 0 bridgehead atoms. The summed E-state index contributed by atoms with van der Waals surface area (Å²) in [5.74, 6) is -0.811. The average molecular weight is 413 g/mol. The van der Waals surface area contributed by atoms with E-state index in [2.05, 4.69) is 10.4 Å². The second-order valence-electron chi connectivity index (χ2n) is 7.76. The molecule has 152 valence electrons. The van der Waals surface area contributed by atoms with Crippen molar-refractivity contribution in [3.05, 3.63) is 51.8 Å². The highest BCUT2D eigenvalue weighted by Crippen LogP contribution is 2.31. The first-order valence-electron chi connectivity index (χ1n) is 9.28. The van der Waals surface area contributed by atoms with Crippen LogP contribution in [0.2, 0.25) is 0 Å². The number of esters is 1. The fourth-order valence-corrected chi connectivity index (χ4v) is 3.84. The third kappa shape index (κ3) is 4.54. The standard InChI is InChI=1S/C21H23N3O4S/c1-5-28-20(27)17-14-12-29-18(22-15(25)11-21(2,3)4)16(14)19(26)24(23-17)13-9-7-6-8-10-13/h6-10,12H,5,11H2,1-4H3,(H,22,25). The van der Waals surface area contributed by atoms with Crippen LogP contribution in [0.1, 0.15) is 44.6 Å². The van der Waals surface area contributed by atoms with Crippen molar-refractivity contribution in [1.29, 1.82) is 0 Å². The molecule has 1 aromatic carbocycles. The summed E-state index contributed by atoms with van der Waals surface area (Å²) in [7, 11) is 0. The van der Waals surface area contributed by atoms with E-state index in [0.29, 0.717) is 22.5 Å². The fourth-order valence-electron chi connectivity index (χ4n) is 2.89. The van der Waals surface area contributed by atoms with Gasteiger partial charge in [-0.3, -0.25) is 9.59 Å². The highest BCUT2D eigenvalue weighted by molar-refractivity contribution is 7.16. The lowest BCUT2D eigenvalue weighted by Crippen LogP contribution is -2.26. The molecule has 0 aliphatic rings.